The lowest BCUT2D eigenvalue weighted by molar-refractivity contribution is 0.0329. The van der Waals surface area contributed by atoms with Gasteiger partial charge in [0.05, 0.1) is 19.3 Å². The van der Waals surface area contributed by atoms with E-state index in [0.29, 0.717) is 19.1 Å². The molecule has 1 aromatic carbocycles. The predicted octanol–water partition coefficient (Wildman–Crippen LogP) is 1.82. The van der Waals surface area contributed by atoms with E-state index >= 15 is 0 Å². The van der Waals surface area contributed by atoms with Crippen molar-refractivity contribution in [1.82, 2.24) is 0 Å². The lowest BCUT2D eigenvalue weighted by atomic mass is 10.00. The van der Waals surface area contributed by atoms with Crippen molar-refractivity contribution >= 4 is 0 Å². The second-order valence-electron chi connectivity index (χ2n) is 4.14. The molecule has 1 aromatic rings. The molecule has 1 rings (SSSR count). The lowest BCUT2D eigenvalue weighted by Gasteiger charge is -2.16. The van der Waals surface area contributed by atoms with Crippen molar-refractivity contribution in [2.24, 2.45) is 5.73 Å². The van der Waals surface area contributed by atoms with E-state index in [0.717, 1.165) is 5.56 Å². The van der Waals surface area contributed by atoms with Crippen LogP contribution in [0.25, 0.3) is 0 Å². The molecular weight excluding hydrogens is 202 g/mol. The van der Waals surface area contributed by atoms with Gasteiger partial charge in [0.2, 0.25) is 0 Å². The van der Waals surface area contributed by atoms with Crippen molar-refractivity contribution in [3.8, 4) is 0 Å². The smallest absolute Gasteiger partial charge is 0.0948 e. The van der Waals surface area contributed by atoms with Crippen LogP contribution in [-0.4, -0.2) is 24.9 Å². The summed E-state index contributed by atoms with van der Waals surface area (Å²) in [7, 11) is 0. The van der Waals surface area contributed by atoms with Gasteiger partial charge in [0.15, 0.2) is 0 Å². The van der Waals surface area contributed by atoms with E-state index in [1.165, 1.54) is 5.56 Å². The summed E-state index contributed by atoms with van der Waals surface area (Å²) in [6.07, 6.45) is -0.117. The predicted molar refractivity (Wildman–Crippen MR) is 65.4 cm³/mol. The first kappa shape index (κ1) is 13.2. The van der Waals surface area contributed by atoms with Gasteiger partial charge < -0.3 is 15.6 Å². The molecule has 3 heteroatoms. The molecule has 0 saturated heterocycles. The summed E-state index contributed by atoms with van der Waals surface area (Å²) >= 11 is 0. The fourth-order valence-electron chi connectivity index (χ4n) is 1.59. The standard InChI is InChI=1S/C13H21NO2/c1-10(2)11-3-5-12(6-4-11)13(9-14)16-8-7-15/h3-6,10,13,15H,7-9,14H2,1-2H3. The van der Waals surface area contributed by atoms with Crippen LogP contribution in [0.2, 0.25) is 0 Å². The Bertz CT molecular complexity index is 295. The molecule has 0 aliphatic heterocycles. The Hall–Kier alpha value is -0.900. The minimum atomic E-state index is -0.117. The Morgan fingerprint density at radius 1 is 1.19 bits per heavy atom. The number of hydrogen-bond acceptors (Lipinski definition) is 3. The third kappa shape index (κ3) is 3.59. The molecule has 1 unspecified atom stereocenters. The third-order valence-corrected chi connectivity index (χ3v) is 2.60. The lowest BCUT2D eigenvalue weighted by Crippen LogP contribution is -2.17. The molecule has 1 atom stereocenters. The van der Waals surface area contributed by atoms with Gasteiger partial charge in [0.25, 0.3) is 0 Å². The van der Waals surface area contributed by atoms with Crippen LogP contribution in [-0.2, 0) is 4.74 Å². The SMILES string of the molecule is CC(C)c1ccc(C(CN)OCCO)cc1. The van der Waals surface area contributed by atoms with Crippen LogP contribution in [0.4, 0.5) is 0 Å². The van der Waals surface area contributed by atoms with Crippen LogP contribution in [0.5, 0.6) is 0 Å². The van der Waals surface area contributed by atoms with Crippen molar-refractivity contribution in [3.05, 3.63) is 35.4 Å². The number of benzene rings is 1. The van der Waals surface area contributed by atoms with Gasteiger partial charge >= 0.3 is 0 Å². The number of aliphatic hydroxyl groups excluding tert-OH is 1. The van der Waals surface area contributed by atoms with Crippen LogP contribution in [0, 0.1) is 0 Å². The van der Waals surface area contributed by atoms with Crippen LogP contribution in [0.3, 0.4) is 0 Å². The Kier molecular flexibility index (Phi) is 5.46. The maximum atomic E-state index is 8.71. The normalized spacial score (nSPS) is 13.1. The molecule has 0 amide bonds. The average molecular weight is 223 g/mol. The molecule has 0 aliphatic carbocycles. The Labute approximate surface area is 97.2 Å². The molecule has 0 heterocycles. The minimum Gasteiger partial charge on any atom is -0.394 e. The fraction of sp³-hybridized carbons (Fsp3) is 0.538. The quantitative estimate of drug-likeness (QED) is 0.773. The van der Waals surface area contributed by atoms with E-state index in [4.69, 9.17) is 15.6 Å². The first-order valence-corrected chi connectivity index (χ1v) is 5.71. The monoisotopic (exact) mass is 223 g/mol. The molecule has 0 saturated carbocycles. The molecule has 0 spiro atoms. The molecule has 3 nitrogen and oxygen atoms in total. The van der Waals surface area contributed by atoms with E-state index in [1.54, 1.807) is 0 Å². The molecule has 3 N–H and O–H groups in total. The van der Waals surface area contributed by atoms with E-state index in [9.17, 15) is 0 Å². The fourth-order valence-corrected chi connectivity index (χ4v) is 1.59. The molecule has 0 bridgehead atoms. The molecule has 0 radical (unpaired) electrons. The zero-order valence-corrected chi connectivity index (χ0v) is 10.0. The highest BCUT2D eigenvalue weighted by Gasteiger charge is 2.09. The van der Waals surface area contributed by atoms with Crippen LogP contribution in [0.1, 0.15) is 37.0 Å². The number of hydrogen-bond donors (Lipinski definition) is 2. The second-order valence-corrected chi connectivity index (χ2v) is 4.14. The first-order valence-electron chi connectivity index (χ1n) is 5.71. The maximum Gasteiger partial charge on any atom is 0.0948 e. The summed E-state index contributed by atoms with van der Waals surface area (Å²) in [6.45, 7) is 5.12. The summed E-state index contributed by atoms with van der Waals surface area (Å²) < 4.78 is 5.45. The summed E-state index contributed by atoms with van der Waals surface area (Å²) in [5.74, 6) is 0.531. The van der Waals surface area contributed by atoms with Crippen LogP contribution < -0.4 is 5.73 Å². The minimum absolute atomic E-state index is 0.0284. The number of nitrogens with two attached hydrogens (primary N) is 1. The highest BCUT2D eigenvalue weighted by Crippen LogP contribution is 2.20. The van der Waals surface area contributed by atoms with Crippen LogP contribution >= 0.6 is 0 Å². The van der Waals surface area contributed by atoms with Crippen molar-refractivity contribution < 1.29 is 9.84 Å². The molecule has 0 aliphatic rings. The third-order valence-electron chi connectivity index (χ3n) is 2.60. The van der Waals surface area contributed by atoms with Gasteiger partial charge in [0.1, 0.15) is 0 Å². The van der Waals surface area contributed by atoms with Gasteiger partial charge in [-0.2, -0.15) is 0 Å². The van der Waals surface area contributed by atoms with E-state index in [1.807, 2.05) is 12.1 Å². The molecule has 0 fully saturated rings. The summed E-state index contributed by atoms with van der Waals surface area (Å²) in [5, 5.41) is 8.71. The number of rotatable bonds is 6. The highest BCUT2D eigenvalue weighted by molar-refractivity contribution is 5.26. The van der Waals surface area contributed by atoms with Crippen molar-refractivity contribution in [1.29, 1.82) is 0 Å². The van der Waals surface area contributed by atoms with Crippen molar-refractivity contribution in [3.63, 3.8) is 0 Å². The largest absolute Gasteiger partial charge is 0.394 e. The highest BCUT2D eigenvalue weighted by atomic mass is 16.5. The topological polar surface area (TPSA) is 55.5 Å². The maximum absolute atomic E-state index is 8.71. The molecule has 16 heavy (non-hydrogen) atoms. The Morgan fingerprint density at radius 2 is 1.75 bits per heavy atom. The molecular formula is C13H21NO2. The average Bonchev–Trinajstić information content (AvgIpc) is 2.30. The van der Waals surface area contributed by atoms with Gasteiger partial charge in [-0.1, -0.05) is 38.1 Å². The van der Waals surface area contributed by atoms with E-state index in [2.05, 4.69) is 26.0 Å². The Balaban J connectivity index is 2.70. The number of ether oxygens (including phenoxy) is 1. The van der Waals surface area contributed by atoms with Crippen molar-refractivity contribution in [2.75, 3.05) is 19.8 Å². The molecule has 90 valence electrons. The van der Waals surface area contributed by atoms with Gasteiger partial charge in [-0.25, -0.2) is 0 Å². The van der Waals surface area contributed by atoms with Gasteiger partial charge in [-0.05, 0) is 17.0 Å². The van der Waals surface area contributed by atoms with E-state index in [-0.39, 0.29) is 12.7 Å². The van der Waals surface area contributed by atoms with Gasteiger partial charge in [-0.15, -0.1) is 0 Å². The Morgan fingerprint density at radius 3 is 2.19 bits per heavy atom. The van der Waals surface area contributed by atoms with Crippen LogP contribution in [0.15, 0.2) is 24.3 Å². The van der Waals surface area contributed by atoms with Crippen molar-refractivity contribution in [2.45, 2.75) is 25.9 Å². The summed E-state index contributed by atoms with van der Waals surface area (Å²) in [5.41, 5.74) is 8.01. The second kappa shape index (κ2) is 6.63. The zero-order chi connectivity index (χ0) is 12.0. The zero-order valence-electron chi connectivity index (χ0n) is 10.0. The first-order chi connectivity index (χ1) is 7.69. The van der Waals surface area contributed by atoms with E-state index < -0.39 is 0 Å². The number of aliphatic hydroxyl groups is 1. The van der Waals surface area contributed by atoms with Gasteiger partial charge in [-0.3, -0.25) is 0 Å². The van der Waals surface area contributed by atoms with Gasteiger partial charge in [0, 0.05) is 6.54 Å². The molecule has 0 aromatic heterocycles. The summed E-state index contributed by atoms with van der Waals surface area (Å²) in [4.78, 5) is 0. The summed E-state index contributed by atoms with van der Waals surface area (Å²) in [6, 6.07) is 8.30.